The fourth-order valence-electron chi connectivity index (χ4n) is 4.89. The zero-order valence-electron chi connectivity index (χ0n) is 25.7. The number of nitrogens with zero attached hydrogens (tertiary/aromatic N) is 2. The summed E-state index contributed by atoms with van der Waals surface area (Å²) in [4.78, 5) is 39.8. The first-order chi connectivity index (χ1) is 23.6. The third-order valence-electron chi connectivity index (χ3n) is 7.45. The quantitative estimate of drug-likeness (QED) is 0.0772. The number of carboxylic acids is 1. The second-order valence-electron chi connectivity index (χ2n) is 10.9. The average molecular weight is 741 g/mol. The van der Waals surface area contributed by atoms with Crippen LogP contribution in [0.5, 0.6) is 11.5 Å². The maximum absolute atomic E-state index is 13.7. The number of carbonyl (C=O) groups excluding carboxylic acids is 2. The number of hydrogen-bond donors (Lipinski definition) is 1. The Hall–Kier alpha value is -4.45. The molecule has 2 saturated heterocycles. The predicted molar refractivity (Wildman–Crippen MR) is 173 cm³/mol. The number of halogens is 6. The lowest BCUT2D eigenvalue weighted by Crippen LogP contribution is -2.38. The zero-order valence-corrected chi connectivity index (χ0v) is 27.3. The average Bonchev–Trinajstić information content (AvgIpc) is 3.33. The van der Waals surface area contributed by atoms with E-state index in [0.29, 0.717) is 38.4 Å². The summed E-state index contributed by atoms with van der Waals surface area (Å²) in [5, 5.41) is 9.00. The van der Waals surface area contributed by atoms with Gasteiger partial charge in [-0.25, -0.2) is 4.79 Å². The number of ether oxygens (including phenoxy) is 3. The number of carbonyl (C=O) groups is 3. The summed E-state index contributed by atoms with van der Waals surface area (Å²) >= 11 is 6.22. The largest absolute Gasteiger partial charge is 0.478 e. The Bertz CT molecular complexity index is 1790. The van der Waals surface area contributed by atoms with Crippen molar-refractivity contribution in [1.82, 2.24) is 9.80 Å². The highest BCUT2D eigenvalue weighted by Gasteiger charge is 2.37. The summed E-state index contributed by atoms with van der Waals surface area (Å²) in [6, 6.07) is 10.6. The highest BCUT2D eigenvalue weighted by molar-refractivity contribution is 8.26. The fourth-order valence-corrected chi connectivity index (χ4v) is 6.19. The van der Waals surface area contributed by atoms with Gasteiger partial charge in [0, 0.05) is 25.2 Å². The number of rotatable bonds is 10. The summed E-state index contributed by atoms with van der Waals surface area (Å²) in [5.74, 6) is -2.33. The van der Waals surface area contributed by atoms with Crippen LogP contribution in [0.1, 0.15) is 33.5 Å². The minimum atomic E-state index is -5.08. The number of benzene rings is 3. The lowest BCUT2D eigenvalue weighted by atomic mass is 9.96. The number of aromatic carboxylic acids is 1. The van der Waals surface area contributed by atoms with Gasteiger partial charge in [-0.15, -0.1) is 0 Å². The summed E-state index contributed by atoms with van der Waals surface area (Å²) in [6.45, 7) is 1.72. The molecule has 0 saturated carbocycles. The maximum Gasteiger partial charge on any atom is 0.416 e. The van der Waals surface area contributed by atoms with Crippen molar-refractivity contribution in [3.63, 3.8) is 0 Å². The van der Waals surface area contributed by atoms with Gasteiger partial charge < -0.3 is 19.3 Å². The summed E-state index contributed by atoms with van der Waals surface area (Å²) in [7, 11) is 0. The van der Waals surface area contributed by atoms with Gasteiger partial charge in [0.05, 0.1) is 41.2 Å². The van der Waals surface area contributed by atoms with Crippen LogP contribution in [0.2, 0.25) is 0 Å². The molecule has 1 amide bonds. The van der Waals surface area contributed by atoms with E-state index in [-0.39, 0.29) is 63.2 Å². The van der Waals surface area contributed by atoms with Gasteiger partial charge in [0.15, 0.2) is 0 Å². The Morgan fingerprint density at radius 3 is 2.18 bits per heavy atom. The van der Waals surface area contributed by atoms with Crippen molar-refractivity contribution in [3.8, 4) is 22.6 Å². The van der Waals surface area contributed by atoms with Crippen LogP contribution >= 0.6 is 24.0 Å². The first kappa shape index (κ1) is 36.8. The summed E-state index contributed by atoms with van der Waals surface area (Å²) in [6.07, 6.45) is -9.03. The number of carboxylic acid groups (broad SMARTS) is 1. The van der Waals surface area contributed by atoms with E-state index < -0.39 is 46.9 Å². The van der Waals surface area contributed by atoms with Crippen LogP contribution in [0.25, 0.3) is 17.2 Å². The van der Waals surface area contributed by atoms with Crippen molar-refractivity contribution in [1.29, 1.82) is 0 Å². The van der Waals surface area contributed by atoms with Gasteiger partial charge >= 0.3 is 24.3 Å². The van der Waals surface area contributed by atoms with E-state index >= 15 is 0 Å². The number of thiocarbonyl (C=S) groups is 1. The van der Waals surface area contributed by atoms with Crippen LogP contribution < -0.4 is 9.47 Å². The summed E-state index contributed by atoms with van der Waals surface area (Å²) in [5.41, 5.74) is -3.21. The van der Waals surface area contributed by atoms with E-state index in [1.807, 2.05) is 4.90 Å². The molecule has 17 heteroatoms. The molecule has 0 atom stereocenters. The molecule has 0 bridgehead atoms. The van der Waals surface area contributed by atoms with Crippen LogP contribution in [-0.4, -0.2) is 76.7 Å². The molecule has 2 fully saturated rings. The van der Waals surface area contributed by atoms with Crippen molar-refractivity contribution >= 4 is 52.2 Å². The Labute approximate surface area is 290 Å². The SMILES string of the molecule is O=C(CCN1C(=O)/C(=C/c2ccc(OCN3CCOCC3)c(-c3cc(C(F)(F)F)cc(C(F)(F)F)c3)c2)SC1=S)Oc1ccc(C(=O)O)cc1. The lowest BCUT2D eigenvalue weighted by Gasteiger charge is -2.27. The Balaban J connectivity index is 1.39. The molecule has 0 radical (unpaired) electrons. The molecule has 0 unspecified atom stereocenters. The topological polar surface area (TPSA) is 106 Å². The zero-order chi connectivity index (χ0) is 36.2. The van der Waals surface area contributed by atoms with Crippen molar-refractivity contribution in [2.75, 3.05) is 39.6 Å². The molecule has 3 aromatic carbocycles. The second kappa shape index (κ2) is 15.2. The smallest absolute Gasteiger partial charge is 0.416 e. The molecule has 9 nitrogen and oxygen atoms in total. The van der Waals surface area contributed by atoms with Gasteiger partial charge in [0.2, 0.25) is 0 Å². The highest BCUT2D eigenvalue weighted by Crippen LogP contribution is 2.42. The molecule has 1 N–H and O–H groups in total. The van der Waals surface area contributed by atoms with Crippen molar-refractivity contribution in [2.45, 2.75) is 18.8 Å². The molecule has 0 spiro atoms. The number of thioether (sulfide) groups is 1. The molecular formula is C33H26F6N2O7S2. The van der Waals surface area contributed by atoms with E-state index in [9.17, 15) is 40.7 Å². The minimum absolute atomic E-state index is 0.00249. The number of alkyl halides is 6. The van der Waals surface area contributed by atoms with Gasteiger partial charge in [-0.05, 0) is 71.8 Å². The Morgan fingerprint density at radius 1 is 0.940 bits per heavy atom. The molecule has 2 aliphatic rings. The van der Waals surface area contributed by atoms with Crippen molar-refractivity contribution in [2.24, 2.45) is 0 Å². The molecule has 264 valence electrons. The normalized spacial score (nSPS) is 16.6. The van der Waals surface area contributed by atoms with Gasteiger partial charge in [0.1, 0.15) is 22.6 Å². The third-order valence-corrected chi connectivity index (χ3v) is 8.83. The van der Waals surface area contributed by atoms with Crippen LogP contribution in [0.4, 0.5) is 26.3 Å². The van der Waals surface area contributed by atoms with Crippen LogP contribution in [-0.2, 0) is 26.7 Å². The molecule has 3 aromatic rings. The van der Waals surface area contributed by atoms with E-state index in [1.165, 1.54) is 48.5 Å². The second-order valence-corrected chi connectivity index (χ2v) is 12.6. The number of morpholine rings is 1. The Kier molecular flexibility index (Phi) is 11.2. The lowest BCUT2D eigenvalue weighted by molar-refractivity contribution is -0.143. The monoisotopic (exact) mass is 740 g/mol. The van der Waals surface area contributed by atoms with Gasteiger partial charge in [-0.3, -0.25) is 19.4 Å². The standard InChI is InChI=1S/C33H26F6N2O7S2/c34-32(35,36)22-15-21(16-23(17-22)33(37,38)39)25-13-19(1-6-26(25)47-18-40-9-11-46-12-10-40)14-27-29(43)41(31(49)50-27)8-7-28(42)48-24-4-2-20(3-5-24)30(44)45/h1-6,13-17H,7-12,18H2,(H,44,45)/b27-14-. The predicted octanol–water partition coefficient (Wildman–Crippen LogP) is 6.95. The van der Waals surface area contributed by atoms with Gasteiger partial charge in [0.25, 0.3) is 5.91 Å². The third kappa shape index (κ3) is 9.21. The molecule has 50 heavy (non-hydrogen) atoms. The number of esters is 1. The summed E-state index contributed by atoms with van der Waals surface area (Å²) < 4.78 is 98.9. The molecule has 0 aromatic heterocycles. The molecule has 2 heterocycles. The van der Waals surface area contributed by atoms with Gasteiger partial charge in [-0.2, -0.15) is 26.3 Å². The van der Waals surface area contributed by atoms with E-state index in [0.717, 1.165) is 16.7 Å². The van der Waals surface area contributed by atoms with E-state index in [1.54, 1.807) is 0 Å². The first-order valence-electron chi connectivity index (χ1n) is 14.7. The van der Waals surface area contributed by atoms with Crippen LogP contribution in [0.15, 0.2) is 65.6 Å². The molecule has 5 rings (SSSR count). The fraction of sp³-hybridized carbons (Fsp3) is 0.273. The van der Waals surface area contributed by atoms with E-state index in [2.05, 4.69) is 0 Å². The molecule has 0 aliphatic carbocycles. The van der Waals surface area contributed by atoms with Crippen LogP contribution in [0, 0.1) is 0 Å². The van der Waals surface area contributed by atoms with Crippen LogP contribution in [0.3, 0.4) is 0 Å². The van der Waals surface area contributed by atoms with Crippen molar-refractivity contribution < 1.29 is 60.0 Å². The highest BCUT2D eigenvalue weighted by atomic mass is 32.2. The van der Waals surface area contributed by atoms with E-state index in [4.69, 9.17) is 31.5 Å². The van der Waals surface area contributed by atoms with Crippen molar-refractivity contribution in [3.05, 3.63) is 87.8 Å². The first-order valence-corrected chi connectivity index (χ1v) is 16.0. The minimum Gasteiger partial charge on any atom is -0.478 e. The number of amides is 1. The maximum atomic E-state index is 13.7. The Morgan fingerprint density at radius 2 is 1.58 bits per heavy atom. The number of hydrogen-bond acceptors (Lipinski definition) is 9. The van der Waals surface area contributed by atoms with Gasteiger partial charge in [-0.1, -0.05) is 30.0 Å². The molecule has 2 aliphatic heterocycles. The molecular weight excluding hydrogens is 714 g/mol.